The van der Waals surface area contributed by atoms with Gasteiger partial charge in [0.05, 0.1) is 27.4 Å². The first kappa shape index (κ1) is 27.5. The molecule has 1 saturated carbocycles. The van der Waals surface area contributed by atoms with Crippen LogP contribution in [0.15, 0.2) is 54.9 Å². The summed E-state index contributed by atoms with van der Waals surface area (Å²) in [5.74, 6) is -0.00423. The number of piperazine rings is 1. The number of aliphatic hydroxyl groups is 1. The Labute approximate surface area is 242 Å². The number of anilines is 1. The summed E-state index contributed by atoms with van der Waals surface area (Å²) in [7, 11) is 0. The van der Waals surface area contributed by atoms with E-state index in [9.17, 15) is 14.3 Å². The maximum Gasteiger partial charge on any atom is 0.319 e. The van der Waals surface area contributed by atoms with Gasteiger partial charge in [0.15, 0.2) is 11.6 Å². The van der Waals surface area contributed by atoms with Crippen LogP contribution in [-0.2, 0) is 6.54 Å². The van der Waals surface area contributed by atoms with Crippen molar-refractivity contribution in [2.24, 2.45) is 0 Å². The Morgan fingerprint density at radius 1 is 1.15 bits per heavy atom. The van der Waals surface area contributed by atoms with Crippen molar-refractivity contribution >= 4 is 33.3 Å². The van der Waals surface area contributed by atoms with Crippen LogP contribution in [0.3, 0.4) is 0 Å². The lowest BCUT2D eigenvalue weighted by atomic mass is 10.1. The summed E-state index contributed by atoms with van der Waals surface area (Å²) in [4.78, 5) is 26.9. The van der Waals surface area contributed by atoms with E-state index in [2.05, 4.69) is 38.4 Å². The number of halogens is 1. The lowest BCUT2D eigenvalue weighted by Crippen LogP contribution is -2.52. The summed E-state index contributed by atoms with van der Waals surface area (Å²) in [6, 6.07) is 12.5. The molecule has 214 valence electrons. The Morgan fingerprint density at radius 3 is 2.76 bits per heavy atom. The number of ether oxygens (including phenoxy) is 1. The highest BCUT2D eigenvalue weighted by molar-refractivity contribution is 7.22. The summed E-state index contributed by atoms with van der Waals surface area (Å²) in [5.41, 5.74) is 3.10. The highest BCUT2D eigenvalue weighted by atomic mass is 32.1. The van der Waals surface area contributed by atoms with Crippen molar-refractivity contribution in [3.05, 3.63) is 66.2 Å². The second-order valence-electron chi connectivity index (χ2n) is 10.6. The lowest BCUT2D eigenvalue weighted by Gasteiger charge is -2.39. The Bertz CT molecular complexity index is 1530. The maximum absolute atomic E-state index is 14.9. The molecule has 1 saturated heterocycles. The van der Waals surface area contributed by atoms with Crippen LogP contribution in [0.4, 0.5) is 14.9 Å². The molecule has 2 fully saturated rings. The van der Waals surface area contributed by atoms with Crippen LogP contribution in [-0.4, -0.2) is 75.8 Å². The zero-order chi connectivity index (χ0) is 28.3. The number of aromatic nitrogens is 2. The molecule has 1 atom stereocenters. The largest absolute Gasteiger partial charge is 0.453 e. The molecular weight excluding hydrogens is 543 g/mol. The van der Waals surface area contributed by atoms with E-state index >= 15 is 0 Å². The highest BCUT2D eigenvalue weighted by Crippen LogP contribution is 2.39. The molecule has 3 N–H and O–H groups in total. The number of nitrogens with one attached hydrogen (secondary N) is 2. The number of hydrogen-bond acceptors (Lipinski definition) is 8. The number of carbonyl (C=O) groups is 1. The van der Waals surface area contributed by atoms with Crippen LogP contribution in [0.5, 0.6) is 11.5 Å². The average Bonchev–Trinajstić information content (AvgIpc) is 3.65. The van der Waals surface area contributed by atoms with E-state index < -0.39 is 5.82 Å². The van der Waals surface area contributed by atoms with Gasteiger partial charge in [-0.1, -0.05) is 6.07 Å². The Balaban J connectivity index is 1.12. The molecule has 11 heteroatoms. The molecule has 1 aromatic carbocycles. The fourth-order valence-electron chi connectivity index (χ4n) is 5.08. The third kappa shape index (κ3) is 6.65. The van der Waals surface area contributed by atoms with Crippen LogP contribution in [0, 0.1) is 5.82 Å². The zero-order valence-electron chi connectivity index (χ0n) is 22.8. The molecule has 2 amide bonds. The second-order valence-corrected chi connectivity index (χ2v) is 11.7. The van der Waals surface area contributed by atoms with Crippen LogP contribution < -0.4 is 15.4 Å². The number of hydrogen-bond donors (Lipinski definition) is 3. The van der Waals surface area contributed by atoms with Crippen molar-refractivity contribution < 1.29 is 19.0 Å². The first-order valence-corrected chi connectivity index (χ1v) is 14.7. The topological polar surface area (TPSA) is 103 Å². The Hall–Kier alpha value is -3.64. The average molecular weight is 577 g/mol. The fraction of sp³-hybridized carbons (Fsp3) is 0.367. The lowest BCUT2D eigenvalue weighted by molar-refractivity contribution is 0.0647. The van der Waals surface area contributed by atoms with Gasteiger partial charge in [0.25, 0.3) is 0 Å². The second kappa shape index (κ2) is 12.1. The summed E-state index contributed by atoms with van der Waals surface area (Å²) >= 11 is 1.50. The number of carbonyl (C=O) groups excluding carboxylic acids is 1. The first-order valence-electron chi connectivity index (χ1n) is 13.9. The third-order valence-corrected chi connectivity index (χ3v) is 8.58. The summed E-state index contributed by atoms with van der Waals surface area (Å²) < 4.78 is 21.6. The van der Waals surface area contributed by atoms with Crippen molar-refractivity contribution in [1.82, 2.24) is 25.1 Å². The smallest absolute Gasteiger partial charge is 0.319 e. The van der Waals surface area contributed by atoms with Crippen molar-refractivity contribution in [1.29, 1.82) is 0 Å². The molecule has 1 unspecified atom stereocenters. The quantitative estimate of drug-likeness (QED) is 0.256. The summed E-state index contributed by atoms with van der Waals surface area (Å²) in [6.45, 7) is 6.83. The number of amides is 2. The number of fused-ring (bicyclic) bond motifs is 1. The van der Waals surface area contributed by atoms with E-state index in [-0.39, 0.29) is 24.4 Å². The van der Waals surface area contributed by atoms with Gasteiger partial charge in [0, 0.05) is 75.0 Å². The molecule has 1 aliphatic heterocycles. The maximum atomic E-state index is 14.9. The van der Waals surface area contributed by atoms with Gasteiger partial charge in [-0.3, -0.25) is 19.8 Å². The fourth-order valence-corrected chi connectivity index (χ4v) is 6.12. The standard InChI is InChI=1S/C30H33FN6O3S/c1-19-17-36(10-11-37(19)12-13-38)18-20-2-6-24(33-16-20)28-15-25-29(41-28)27(8-9-32-25)40-26-7-5-22(14-23(26)31)35-30(39)34-21-3-4-21/h2,5-9,14-16,19,21,38H,3-4,10-13,17-18H2,1H3,(H2,34,35,39). The number of aliphatic hydroxyl groups excluding tert-OH is 1. The number of urea groups is 1. The van der Waals surface area contributed by atoms with Crippen LogP contribution in [0.25, 0.3) is 20.8 Å². The van der Waals surface area contributed by atoms with Gasteiger partial charge in [-0.05, 0) is 49.6 Å². The molecule has 41 heavy (non-hydrogen) atoms. The Kier molecular flexibility index (Phi) is 8.11. The van der Waals surface area contributed by atoms with Gasteiger partial charge in [0.1, 0.15) is 5.75 Å². The van der Waals surface area contributed by atoms with Gasteiger partial charge in [-0.2, -0.15) is 0 Å². The van der Waals surface area contributed by atoms with E-state index in [0.717, 1.165) is 71.9 Å². The third-order valence-electron chi connectivity index (χ3n) is 7.42. The van der Waals surface area contributed by atoms with Gasteiger partial charge >= 0.3 is 6.03 Å². The number of β-amino-alcohol motifs (C(OH)–C–C–N with tert-alkyl or cyclic N) is 1. The van der Waals surface area contributed by atoms with E-state index in [1.54, 1.807) is 18.3 Å². The van der Waals surface area contributed by atoms with Crippen LogP contribution in [0.1, 0.15) is 25.3 Å². The minimum Gasteiger partial charge on any atom is -0.453 e. The minimum absolute atomic E-state index is 0.0644. The molecule has 1 aliphatic carbocycles. The van der Waals surface area contributed by atoms with E-state index in [4.69, 9.17) is 9.72 Å². The number of pyridine rings is 2. The van der Waals surface area contributed by atoms with E-state index in [0.29, 0.717) is 17.5 Å². The van der Waals surface area contributed by atoms with Gasteiger partial charge in [-0.15, -0.1) is 11.3 Å². The van der Waals surface area contributed by atoms with Crippen LogP contribution >= 0.6 is 11.3 Å². The predicted molar refractivity (Wildman–Crippen MR) is 158 cm³/mol. The Morgan fingerprint density at radius 2 is 2.02 bits per heavy atom. The summed E-state index contributed by atoms with van der Waals surface area (Å²) in [5, 5.41) is 14.7. The number of rotatable bonds is 9. The molecule has 0 spiro atoms. The van der Waals surface area contributed by atoms with Gasteiger partial charge < -0.3 is 20.5 Å². The van der Waals surface area contributed by atoms with E-state index in [1.165, 1.54) is 23.5 Å². The minimum atomic E-state index is -0.572. The van der Waals surface area contributed by atoms with Crippen molar-refractivity contribution in [2.45, 2.75) is 38.4 Å². The monoisotopic (exact) mass is 576 g/mol. The number of benzene rings is 1. The van der Waals surface area contributed by atoms with E-state index in [1.807, 2.05) is 18.3 Å². The van der Waals surface area contributed by atoms with Crippen molar-refractivity contribution in [3.63, 3.8) is 0 Å². The van der Waals surface area contributed by atoms with Crippen LogP contribution in [0.2, 0.25) is 0 Å². The molecule has 3 aromatic heterocycles. The predicted octanol–water partition coefficient (Wildman–Crippen LogP) is 5.07. The zero-order valence-corrected chi connectivity index (χ0v) is 23.7. The number of thiophene rings is 1. The highest BCUT2D eigenvalue weighted by Gasteiger charge is 2.24. The summed E-state index contributed by atoms with van der Waals surface area (Å²) in [6.07, 6.45) is 5.52. The molecule has 6 rings (SSSR count). The molecule has 0 radical (unpaired) electrons. The first-order chi connectivity index (χ1) is 19.9. The number of nitrogens with zero attached hydrogens (tertiary/aromatic N) is 4. The molecule has 4 aromatic rings. The van der Waals surface area contributed by atoms with Gasteiger partial charge in [-0.25, -0.2) is 9.18 Å². The normalized spacial score (nSPS) is 18.0. The SMILES string of the molecule is CC1CN(Cc2ccc(-c3cc4nccc(Oc5ccc(NC(=O)NC6CC6)cc5F)c4s3)nc2)CCN1CCO. The molecule has 0 bridgehead atoms. The van der Waals surface area contributed by atoms with Crippen molar-refractivity contribution in [3.8, 4) is 22.1 Å². The molecule has 2 aliphatic rings. The van der Waals surface area contributed by atoms with Gasteiger partial charge in [0.2, 0.25) is 0 Å². The molecular formula is C30H33FN6O3S. The molecule has 4 heterocycles. The van der Waals surface area contributed by atoms with Crippen molar-refractivity contribution in [2.75, 3.05) is 38.1 Å². The molecule has 9 nitrogen and oxygen atoms in total.